The Morgan fingerprint density at radius 2 is 1.36 bits per heavy atom. The number of ether oxygens (including phenoxy) is 1. The van der Waals surface area contributed by atoms with Crippen LogP contribution < -0.4 is 14.5 Å². The average molecular weight is 425 g/mol. The minimum Gasteiger partial charge on any atom is -0.495 e. The minimum absolute atomic E-state index is 0.00401. The fourth-order valence-electron chi connectivity index (χ4n) is 3.36. The van der Waals surface area contributed by atoms with Crippen LogP contribution in [0.2, 0.25) is 0 Å². The molecule has 3 rings (SSSR count). The maximum Gasteiger partial charge on any atom is 0.177 e. The van der Waals surface area contributed by atoms with Gasteiger partial charge in [0, 0.05) is 38.7 Å². The lowest BCUT2D eigenvalue weighted by molar-refractivity contribution is 0.413. The molecule has 0 aliphatic carbocycles. The highest BCUT2D eigenvalue weighted by molar-refractivity contribution is 7.91. The van der Waals surface area contributed by atoms with E-state index in [1.165, 1.54) is 12.1 Å². The molecule has 1 aliphatic heterocycles. The first-order valence-corrected chi connectivity index (χ1v) is 12.6. The molecule has 1 fully saturated rings. The number of benzene rings is 2. The van der Waals surface area contributed by atoms with Gasteiger partial charge in [0.1, 0.15) is 5.75 Å². The summed E-state index contributed by atoms with van der Waals surface area (Å²) >= 11 is 0. The Balaban J connectivity index is 1.88. The van der Waals surface area contributed by atoms with Gasteiger partial charge < -0.3 is 14.5 Å². The van der Waals surface area contributed by atoms with Gasteiger partial charge in [-0.15, -0.1) is 0 Å². The van der Waals surface area contributed by atoms with Crippen molar-refractivity contribution < 1.29 is 21.6 Å². The second-order valence-electron chi connectivity index (χ2n) is 6.82. The molecule has 1 aliphatic rings. The first-order valence-electron chi connectivity index (χ1n) is 8.78. The summed E-state index contributed by atoms with van der Waals surface area (Å²) in [6.07, 6.45) is 2.17. The first kappa shape index (κ1) is 20.5. The van der Waals surface area contributed by atoms with Gasteiger partial charge >= 0.3 is 0 Å². The van der Waals surface area contributed by atoms with Crippen LogP contribution in [0.5, 0.6) is 5.75 Å². The molecule has 0 bridgehead atoms. The van der Waals surface area contributed by atoms with E-state index in [1.54, 1.807) is 13.2 Å². The Labute approximate surface area is 166 Å². The number of rotatable bonds is 5. The van der Waals surface area contributed by atoms with E-state index < -0.39 is 19.7 Å². The molecule has 2 aromatic rings. The van der Waals surface area contributed by atoms with Crippen molar-refractivity contribution in [3.05, 3.63) is 42.5 Å². The van der Waals surface area contributed by atoms with E-state index in [0.29, 0.717) is 31.9 Å². The van der Waals surface area contributed by atoms with E-state index in [2.05, 4.69) is 4.90 Å². The largest absolute Gasteiger partial charge is 0.495 e. The number of hydrogen-bond donors (Lipinski definition) is 0. The average Bonchev–Trinajstić information content (AvgIpc) is 2.66. The van der Waals surface area contributed by atoms with Crippen LogP contribution >= 0.6 is 0 Å². The van der Waals surface area contributed by atoms with Gasteiger partial charge in [0.25, 0.3) is 0 Å². The summed E-state index contributed by atoms with van der Waals surface area (Å²) in [5.74, 6) is 0.797. The summed E-state index contributed by atoms with van der Waals surface area (Å²) in [6.45, 7) is 2.60. The highest BCUT2D eigenvalue weighted by Crippen LogP contribution is 2.32. The minimum atomic E-state index is -3.58. The van der Waals surface area contributed by atoms with Crippen LogP contribution in [-0.2, 0) is 19.7 Å². The van der Waals surface area contributed by atoms with Gasteiger partial charge in [-0.3, -0.25) is 0 Å². The van der Waals surface area contributed by atoms with Crippen LogP contribution in [0.1, 0.15) is 0 Å². The zero-order chi connectivity index (χ0) is 20.5. The van der Waals surface area contributed by atoms with Crippen molar-refractivity contribution in [2.45, 2.75) is 9.79 Å². The summed E-state index contributed by atoms with van der Waals surface area (Å²) in [5.41, 5.74) is 1.54. The quantitative estimate of drug-likeness (QED) is 0.724. The number of hydrogen-bond acceptors (Lipinski definition) is 7. The number of para-hydroxylation sites is 2. The Morgan fingerprint density at radius 3 is 1.89 bits per heavy atom. The molecule has 0 aromatic heterocycles. The van der Waals surface area contributed by atoms with Crippen LogP contribution in [-0.4, -0.2) is 62.6 Å². The predicted octanol–water partition coefficient (Wildman–Crippen LogP) is 1.83. The van der Waals surface area contributed by atoms with Crippen molar-refractivity contribution in [1.82, 2.24) is 0 Å². The molecule has 1 heterocycles. The summed E-state index contributed by atoms with van der Waals surface area (Å²) in [7, 11) is -5.44. The monoisotopic (exact) mass is 424 g/mol. The number of methoxy groups -OCH3 is 1. The lowest BCUT2D eigenvalue weighted by Gasteiger charge is -2.38. The molecule has 0 saturated carbocycles. The van der Waals surface area contributed by atoms with Crippen molar-refractivity contribution in [2.24, 2.45) is 0 Å². The third-order valence-corrected chi connectivity index (χ3v) is 7.04. The molecule has 152 valence electrons. The lowest BCUT2D eigenvalue weighted by Crippen LogP contribution is -2.47. The van der Waals surface area contributed by atoms with Crippen LogP contribution in [0.25, 0.3) is 0 Å². The van der Waals surface area contributed by atoms with Gasteiger partial charge in [0.05, 0.1) is 28.3 Å². The Bertz CT molecular complexity index is 1070. The molecule has 0 amide bonds. The molecular weight excluding hydrogens is 400 g/mol. The Hall–Kier alpha value is -2.26. The Kier molecular flexibility index (Phi) is 5.58. The van der Waals surface area contributed by atoms with Crippen LogP contribution in [0.4, 0.5) is 11.4 Å². The third kappa shape index (κ3) is 4.25. The van der Waals surface area contributed by atoms with E-state index in [0.717, 1.165) is 23.9 Å². The standard InChI is InChI=1S/C19H24N2O5S2/c1-26-18-7-5-4-6-16(18)20-10-12-21(13-11-20)17-9-8-15(27(2,22)23)14-19(17)28(3,24)25/h4-9,14H,10-13H2,1-3H3. The fourth-order valence-corrected chi connectivity index (χ4v) is 5.00. The summed E-state index contributed by atoms with van der Waals surface area (Å²) in [4.78, 5) is 4.22. The number of anilines is 2. The van der Waals surface area contributed by atoms with E-state index in [4.69, 9.17) is 4.74 Å². The lowest BCUT2D eigenvalue weighted by atomic mass is 10.2. The Morgan fingerprint density at radius 1 is 0.786 bits per heavy atom. The van der Waals surface area contributed by atoms with Gasteiger partial charge in [0.15, 0.2) is 19.7 Å². The zero-order valence-electron chi connectivity index (χ0n) is 16.1. The van der Waals surface area contributed by atoms with Crippen molar-refractivity contribution in [2.75, 3.05) is 55.6 Å². The molecule has 1 saturated heterocycles. The molecule has 2 aromatic carbocycles. The van der Waals surface area contributed by atoms with Gasteiger partial charge in [-0.2, -0.15) is 0 Å². The molecule has 0 spiro atoms. The summed E-state index contributed by atoms with van der Waals surface area (Å²) in [6, 6.07) is 12.1. The SMILES string of the molecule is COc1ccccc1N1CCN(c2ccc(S(C)(=O)=O)cc2S(C)(=O)=O)CC1. The fraction of sp³-hybridized carbons (Fsp3) is 0.368. The first-order chi connectivity index (χ1) is 13.1. The van der Waals surface area contributed by atoms with Crippen molar-refractivity contribution in [3.8, 4) is 5.75 Å². The normalized spacial score (nSPS) is 15.5. The highest BCUT2D eigenvalue weighted by Gasteiger charge is 2.25. The van der Waals surface area contributed by atoms with Gasteiger partial charge in [-0.1, -0.05) is 12.1 Å². The van der Waals surface area contributed by atoms with Crippen LogP contribution in [0.3, 0.4) is 0 Å². The van der Waals surface area contributed by atoms with Crippen LogP contribution in [0.15, 0.2) is 52.3 Å². The predicted molar refractivity (Wildman–Crippen MR) is 110 cm³/mol. The van der Waals surface area contributed by atoms with Gasteiger partial charge in [-0.05, 0) is 30.3 Å². The maximum atomic E-state index is 12.3. The number of nitrogens with zero attached hydrogens (tertiary/aromatic N) is 2. The van der Waals surface area contributed by atoms with E-state index in [9.17, 15) is 16.8 Å². The highest BCUT2D eigenvalue weighted by atomic mass is 32.2. The zero-order valence-corrected chi connectivity index (χ0v) is 17.8. The maximum absolute atomic E-state index is 12.3. The van der Waals surface area contributed by atoms with Gasteiger partial charge in [0.2, 0.25) is 0 Å². The van der Waals surface area contributed by atoms with Crippen LogP contribution in [0, 0.1) is 0 Å². The molecule has 0 radical (unpaired) electrons. The second kappa shape index (κ2) is 7.63. The van der Waals surface area contributed by atoms with E-state index in [-0.39, 0.29) is 9.79 Å². The molecule has 28 heavy (non-hydrogen) atoms. The van der Waals surface area contributed by atoms with Crippen molar-refractivity contribution in [3.63, 3.8) is 0 Å². The van der Waals surface area contributed by atoms with Gasteiger partial charge in [-0.25, -0.2) is 16.8 Å². The molecule has 0 N–H and O–H groups in total. The number of sulfone groups is 2. The second-order valence-corrected chi connectivity index (χ2v) is 10.8. The summed E-state index contributed by atoms with van der Waals surface area (Å²) < 4.78 is 53.7. The van der Waals surface area contributed by atoms with E-state index in [1.807, 2.05) is 29.2 Å². The molecule has 0 atom stereocenters. The summed E-state index contributed by atoms with van der Waals surface area (Å²) in [5, 5.41) is 0. The van der Waals surface area contributed by atoms with Crippen molar-refractivity contribution >= 4 is 31.0 Å². The molecule has 0 unspecified atom stereocenters. The topological polar surface area (TPSA) is 84.0 Å². The third-order valence-electron chi connectivity index (χ3n) is 4.81. The molecule has 9 heteroatoms. The molecule has 7 nitrogen and oxygen atoms in total. The smallest absolute Gasteiger partial charge is 0.177 e. The number of piperazine rings is 1. The molecular formula is C19H24N2O5S2. The van der Waals surface area contributed by atoms with E-state index >= 15 is 0 Å². The van der Waals surface area contributed by atoms with Crippen molar-refractivity contribution in [1.29, 1.82) is 0 Å².